The zero-order valence-corrected chi connectivity index (χ0v) is 25.7. The third kappa shape index (κ3) is 11.0. The van der Waals surface area contributed by atoms with Crippen LogP contribution in [-0.2, 0) is 16.0 Å². The Morgan fingerprint density at radius 1 is 0.907 bits per heavy atom. The lowest BCUT2D eigenvalue weighted by atomic mass is 10.0. The van der Waals surface area contributed by atoms with Gasteiger partial charge in [-0.1, -0.05) is 68.4 Å². The molecule has 0 saturated carbocycles. The molecule has 230 valence electrons. The number of carbonyl (C=O) groups excluding carboxylic acids is 4. The molecule has 10 nitrogen and oxygen atoms in total. The predicted octanol–water partition coefficient (Wildman–Crippen LogP) is 3.79. The van der Waals surface area contributed by atoms with Crippen molar-refractivity contribution in [3.05, 3.63) is 78.0 Å². The zero-order chi connectivity index (χ0) is 31.6. The first kappa shape index (κ1) is 33.0. The van der Waals surface area contributed by atoms with Gasteiger partial charge in [0, 0.05) is 30.1 Å². The third-order valence-corrected chi connectivity index (χ3v) is 6.63. The number of carbonyl (C=O) groups is 4. The van der Waals surface area contributed by atoms with Gasteiger partial charge >= 0.3 is 6.03 Å². The molecule has 0 saturated heterocycles. The maximum Gasteiger partial charge on any atom is 0.317 e. The molecule has 0 aliphatic rings. The molecule has 5 N–H and O–H groups in total. The van der Waals surface area contributed by atoms with Crippen molar-refractivity contribution >= 4 is 34.7 Å². The van der Waals surface area contributed by atoms with Crippen molar-refractivity contribution in [2.75, 3.05) is 13.1 Å². The van der Waals surface area contributed by atoms with Gasteiger partial charge in [-0.05, 0) is 57.2 Å². The number of fused-ring (bicyclic) bond motifs is 1. The number of aromatic nitrogens is 1. The SMILES string of the molecule is CC(C)CN(CC[C@H](Cc1ccccc1)NC(=O)C(CC(N)=O)NC(=O)c1ccc2ccccc2n1)C(=O)NC(C)(C)C. The van der Waals surface area contributed by atoms with Gasteiger partial charge in [0.05, 0.1) is 11.9 Å². The van der Waals surface area contributed by atoms with E-state index >= 15 is 0 Å². The van der Waals surface area contributed by atoms with E-state index in [4.69, 9.17) is 5.73 Å². The molecule has 2 aromatic carbocycles. The summed E-state index contributed by atoms with van der Waals surface area (Å²) in [6, 6.07) is 18.6. The first-order valence-corrected chi connectivity index (χ1v) is 14.7. The van der Waals surface area contributed by atoms with Gasteiger partial charge < -0.3 is 26.6 Å². The Morgan fingerprint density at radius 3 is 2.23 bits per heavy atom. The summed E-state index contributed by atoms with van der Waals surface area (Å²) >= 11 is 0. The number of primary amides is 1. The quantitative estimate of drug-likeness (QED) is 0.240. The van der Waals surface area contributed by atoms with Crippen LogP contribution < -0.4 is 21.7 Å². The van der Waals surface area contributed by atoms with Crippen molar-refractivity contribution in [3.8, 4) is 0 Å². The van der Waals surface area contributed by atoms with Crippen LogP contribution in [0.25, 0.3) is 10.9 Å². The van der Waals surface area contributed by atoms with Gasteiger partial charge in [-0.15, -0.1) is 0 Å². The van der Waals surface area contributed by atoms with E-state index in [0.717, 1.165) is 10.9 Å². The lowest BCUT2D eigenvalue weighted by Crippen LogP contribution is -2.53. The summed E-state index contributed by atoms with van der Waals surface area (Å²) < 4.78 is 0. The summed E-state index contributed by atoms with van der Waals surface area (Å²) in [6.45, 7) is 10.8. The third-order valence-electron chi connectivity index (χ3n) is 6.63. The number of nitrogens with two attached hydrogens (primary N) is 1. The predicted molar refractivity (Wildman–Crippen MR) is 168 cm³/mol. The molecule has 3 aromatic rings. The number of nitrogens with zero attached hydrogens (tertiary/aromatic N) is 2. The molecule has 5 amide bonds. The molecule has 0 aliphatic heterocycles. The average molecular weight is 589 g/mol. The summed E-state index contributed by atoms with van der Waals surface area (Å²) in [5.41, 5.74) is 6.82. The van der Waals surface area contributed by atoms with E-state index < -0.39 is 35.3 Å². The Balaban J connectivity index is 1.78. The van der Waals surface area contributed by atoms with Crippen molar-refractivity contribution in [1.82, 2.24) is 25.8 Å². The number of rotatable bonds is 13. The fraction of sp³-hybridized carbons (Fsp3) is 0.424. The monoisotopic (exact) mass is 588 g/mol. The highest BCUT2D eigenvalue weighted by Crippen LogP contribution is 2.13. The maximum atomic E-state index is 13.6. The van der Waals surface area contributed by atoms with Crippen LogP contribution in [0, 0.1) is 5.92 Å². The molecule has 0 spiro atoms. The van der Waals surface area contributed by atoms with Crippen LogP contribution in [0.15, 0.2) is 66.7 Å². The summed E-state index contributed by atoms with van der Waals surface area (Å²) in [5, 5.41) is 9.55. The first-order chi connectivity index (χ1) is 20.3. The Bertz CT molecular complexity index is 1400. The van der Waals surface area contributed by atoms with E-state index in [2.05, 4.69) is 20.9 Å². The van der Waals surface area contributed by atoms with Gasteiger partial charge in [-0.2, -0.15) is 0 Å². The van der Waals surface area contributed by atoms with E-state index in [1.807, 2.05) is 83.1 Å². The normalized spacial score (nSPS) is 12.8. The highest BCUT2D eigenvalue weighted by molar-refractivity contribution is 5.99. The molecular formula is C33H44N6O4. The minimum absolute atomic E-state index is 0.121. The molecule has 0 bridgehead atoms. The minimum Gasteiger partial charge on any atom is -0.370 e. The smallest absolute Gasteiger partial charge is 0.317 e. The number of para-hydroxylation sites is 1. The van der Waals surface area contributed by atoms with Crippen molar-refractivity contribution in [2.24, 2.45) is 11.7 Å². The van der Waals surface area contributed by atoms with E-state index in [1.165, 1.54) is 0 Å². The van der Waals surface area contributed by atoms with Gasteiger partial charge in [0.25, 0.3) is 5.91 Å². The van der Waals surface area contributed by atoms with Crippen molar-refractivity contribution in [3.63, 3.8) is 0 Å². The van der Waals surface area contributed by atoms with Crippen LogP contribution in [0.1, 0.15) is 63.5 Å². The fourth-order valence-corrected chi connectivity index (χ4v) is 4.69. The van der Waals surface area contributed by atoms with E-state index in [0.29, 0.717) is 31.4 Å². The summed E-state index contributed by atoms with van der Waals surface area (Å²) in [4.78, 5) is 57.8. The van der Waals surface area contributed by atoms with Crippen LogP contribution >= 0.6 is 0 Å². The molecule has 1 heterocycles. The second-order valence-electron chi connectivity index (χ2n) is 12.3. The Labute approximate surface area is 253 Å². The average Bonchev–Trinajstić information content (AvgIpc) is 2.93. The number of pyridine rings is 1. The first-order valence-electron chi connectivity index (χ1n) is 14.7. The molecule has 0 fully saturated rings. The lowest BCUT2D eigenvalue weighted by molar-refractivity contribution is -0.127. The standard InChI is InChI=1S/C33H44N6O4/c1-22(2)21-39(32(43)38-33(3,4)5)18-17-25(19-23-11-7-6-8-12-23)35-31(42)28(20-29(34)40)37-30(41)27-16-15-24-13-9-10-14-26(24)36-27/h6-16,22,25,28H,17-21H2,1-5H3,(H2,34,40)(H,35,42)(H,37,41)(H,38,43)/t25-,28?/m1/s1. The Kier molecular flexibility index (Phi) is 11.6. The summed E-state index contributed by atoms with van der Waals surface area (Å²) in [5.74, 6) is -1.61. The molecule has 0 radical (unpaired) electrons. The minimum atomic E-state index is -1.20. The number of urea groups is 1. The fourth-order valence-electron chi connectivity index (χ4n) is 4.69. The largest absolute Gasteiger partial charge is 0.370 e. The van der Waals surface area contributed by atoms with Crippen LogP contribution in [0.2, 0.25) is 0 Å². The highest BCUT2D eigenvalue weighted by Gasteiger charge is 2.27. The molecular weight excluding hydrogens is 544 g/mol. The van der Waals surface area contributed by atoms with Gasteiger partial charge in [-0.3, -0.25) is 14.4 Å². The van der Waals surface area contributed by atoms with Crippen molar-refractivity contribution in [2.45, 2.75) is 71.5 Å². The molecule has 2 atom stereocenters. The highest BCUT2D eigenvalue weighted by atomic mass is 16.2. The zero-order valence-electron chi connectivity index (χ0n) is 25.7. The number of nitrogens with one attached hydrogen (secondary N) is 3. The van der Waals surface area contributed by atoms with E-state index in [-0.39, 0.29) is 24.1 Å². The Hall–Kier alpha value is -4.47. The van der Waals surface area contributed by atoms with Crippen LogP contribution in [0.4, 0.5) is 4.79 Å². The Morgan fingerprint density at radius 2 is 1.58 bits per heavy atom. The lowest BCUT2D eigenvalue weighted by Gasteiger charge is -2.31. The van der Waals surface area contributed by atoms with Gasteiger partial charge in [0.15, 0.2) is 0 Å². The van der Waals surface area contributed by atoms with E-state index in [1.54, 1.807) is 23.1 Å². The summed E-state index contributed by atoms with van der Waals surface area (Å²) in [7, 11) is 0. The van der Waals surface area contributed by atoms with Crippen LogP contribution in [0.5, 0.6) is 0 Å². The molecule has 10 heteroatoms. The molecule has 0 aliphatic carbocycles. The van der Waals surface area contributed by atoms with Crippen LogP contribution in [0.3, 0.4) is 0 Å². The number of benzene rings is 2. The number of hydrogen-bond donors (Lipinski definition) is 4. The second kappa shape index (κ2) is 15.1. The van der Waals surface area contributed by atoms with Crippen molar-refractivity contribution in [1.29, 1.82) is 0 Å². The van der Waals surface area contributed by atoms with Gasteiger partial charge in [-0.25, -0.2) is 9.78 Å². The number of hydrogen-bond acceptors (Lipinski definition) is 5. The molecule has 1 unspecified atom stereocenters. The molecule has 3 rings (SSSR count). The van der Waals surface area contributed by atoms with Crippen LogP contribution in [-0.4, -0.2) is 64.3 Å². The van der Waals surface area contributed by atoms with Crippen molar-refractivity contribution < 1.29 is 19.2 Å². The van der Waals surface area contributed by atoms with Gasteiger partial charge in [0.2, 0.25) is 11.8 Å². The summed E-state index contributed by atoms with van der Waals surface area (Å²) in [6.07, 6.45) is 0.567. The topological polar surface area (TPSA) is 147 Å². The maximum absolute atomic E-state index is 13.6. The molecule has 43 heavy (non-hydrogen) atoms. The van der Waals surface area contributed by atoms with E-state index in [9.17, 15) is 19.2 Å². The molecule has 1 aromatic heterocycles. The van der Waals surface area contributed by atoms with Gasteiger partial charge in [0.1, 0.15) is 11.7 Å². The second-order valence-corrected chi connectivity index (χ2v) is 12.3. The number of amides is 5.